The van der Waals surface area contributed by atoms with Gasteiger partial charge in [0.2, 0.25) is 0 Å². The molecule has 2 saturated heterocycles. The predicted molar refractivity (Wildman–Crippen MR) is 84.7 cm³/mol. The Balaban J connectivity index is 1.46. The Morgan fingerprint density at radius 3 is 2.81 bits per heavy atom. The van der Waals surface area contributed by atoms with Gasteiger partial charge in [0.1, 0.15) is 5.75 Å². The van der Waals surface area contributed by atoms with Gasteiger partial charge in [-0.15, -0.1) is 0 Å². The van der Waals surface area contributed by atoms with Crippen LogP contribution in [0.3, 0.4) is 0 Å². The summed E-state index contributed by atoms with van der Waals surface area (Å²) in [5.74, 6) is 1.10. The van der Waals surface area contributed by atoms with Gasteiger partial charge in [-0.1, -0.05) is 19.1 Å². The van der Waals surface area contributed by atoms with Crippen LogP contribution in [0, 0.1) is 0 Å². The molecule has 0 spiro atoms. The van der Waals surface area contributed by atoms with Crippen LogP contribution in [0.25, 0.3) is 0 Å². The van der Waals surface area contributed by atoms with Gasteiger partial charge in [0.15, 0.2) is 0 Å². The lowest BCUT2D eigenvalue weighted by molar-refractivity contribution is 0.140. The van der Waals surface area contributed by atoms with Crippen LogP contribution in [0.5, 0.6) is 5.75 Å². The van der Waals surface area contributed by atoms with Crippen LogP contribution in [0.4, 0.5) is 0 Å². The summed E-state index contributed by atoms with van der Waals surface area (Å²) in [4.78, 5) is 2.68. The zero-order valence-electron chi connectivity index (χ0n) is 13.0. The number of ether oxygens (including phenoxy) is 1. The first kappa shape index (κ1) is 13.6. The van der Waals surface area contributed by atoms with Crippen molar-refractivity contribution in [1.29, 1.82) is 0 Å². The third kappa shape index (κ3) is 2.69. The highest BCUT2D eigenvalue weighted by Gasteiger charge is 2.35. The molecule has 3 aliphatic rings. The maximum Gasteiger partial charge on any atom is 0.122 e. The monoisotopic (exact) mass is 286 g/mol. The van der Waals surface area contributed by atoms with E-state index in [0.717, 1.165) is 50.0 Å². The second kappa shape index (κ2) is 5.62. The lowest BCUT2D eigenvalue weighted by Crippen LogP contribution is -2.47. The Kier molecular flexibility index (Phi) is 3.64. The van der Waals surface area contributed by atoms with Crippen molar-refractivity contribution in [2.24, 2.45) is 0 Å². The molecule has 3 nitrogen and oxygen atoms in total. The first-order valence-corrected chi connectivity index (χ1v) is 8.56. The van der Waals surface area contributed by atoms with Crippen molar-refractivity contribution in [1.82, 2.24) is 10.2 Å². The van der Waals surface area contributed by atoms with E-state index in [2.05, 4.69) is 35.3 Å². The molecule has 21 heavy (non-hydrogen) atoms. The zero-order chi connectivity index (χ0) is 14.2. The summed E-state index contributed by atoms with van der Waals surface area (Å²) in [7, 11) is 0. The Morgan fingerprint density at radius 2 is 2.05 bits per heavy atom. The normalized spacial score (nSPS) is 30.5. The van der Waals surface area contributed by atoms with Crippen molar-refractivity contribution in [3.63, 3.8) is 0 Å². The predicted octanol–water partition coefficient (Wildman–Crippen LogP) is 2.73. The SMILES string of the molecule is CCN(Cc1ccc2c(c1)CCO2)C1CC2CCC(C1)N2. The molecule has 114 valence electrons. The number of nitrogens with zero attached hydrogens (tertiary/aromatic N) is 1. The third-order valence-corrected chi connectivity index (χ3v) is 5.51. The molecule has 4 rings (SSSR count). The molecule has 3 heteroatoms. The van der Waals surface area contributed by atoms with E-state index in [4.69, 9.17) is 4.74 Å². The van der Waals surface area contributed by atoms with Crippen LogP contribution < -0.4 is 10.1 Å². The maximum absolute atomic E-state index is 5.62. The Labute approximate surface area is 127 Å². The largest absolute Gasteiger partial charge is 0.493 e. The van der Waals surface area contributed by atoms with Crippen LogP contribution in [-0.4, -0.2) is 36.2 Å². The summed E-state index contributed by atoms with van der Waals surface area (Å²) in [6.07, 6.45) is 6.51. The lowest BCUT2D eigenvalue weighted by Gasteiger charge is -2.37. The second-order valence-corrected chi connectivity index (χ2v) is 6.87. The number of piperidine rings is 1. The Hall–Kier alpha value is -1.06. The van der Waals surface area contributed by atoms with Gasteiger partial charge in [-0.3, -0.25) is 4.90 Å². The van der Waals surface area contributed by atoms with Crippen LogP contribution in [0.1, 0.15) is 43.7 Å². The molecule has 1 aromatic carbocycles. The Morgan fingerprint density at radius 1 is 1.24 bits per heavy atom. The average Bonchev–Trinajstić information content (AvgIpc) is 3.10. The molecule has 2 atom stereocenters. The highest BCUT2D eigenvalue weighted by atomic mass is 16.5. The van der Waals surface area contributed by atoms with Gasteiger partial charge in [-0.2, -0.15) is 0 Å². The van der Waals surface area contributed by atoms with E-state index in [-0.39, 0.29) is 0 Å². The topological polar surface area (TPSA) is 24.5 Å². The van der Waals surface area contributed by atoms with Crippen LogP contribution in [0.15, 0.2) is 18.2 Å². The van der Waals surface area contributed by atoms with Crippen molar-refractivity contribution in [3.8, 4) is 5.75 Å². The van der Waals surface area contributed by atoms with Gasteiger partial charge in [-0.05, 0) is 49.4 Å². The fourth-order valence-electron chi connectivity index (χ4n) is 4.40. The molecule has 0 radical (unpaired) electrons. The fraction of sp³-hybridized carbons (Fsp3) is 0.667. The van der Waals surface area contributed by atoms with Crippen molar-refractivity contribution < 1.29 is 4.74 Å². The quantitative estimate of drug-likeness (QED) is 0.921. The third-order valence-electron chi connectivity index (χ3n) is 5.51. The summed E-state index contributed by atoms with van der Waals surface area (Å²) in [6.45, 7) is 5.40. The summed E-state index contributed by atoms with van der Waals surface area (Å²) in [5, 5.41) is 3.75. The first-order valence-electron chi connectivity index (χ1n) is 8.56. The molecule has 2 fully saturated rings. The van der Waals surface area contributed by atoms with Crippen LogP contribution in [-0.2, 0) is 13.0 Å². The van der Waals surface area contributed by atoms with Gasteiger partial charge < -0.3 is 10.1 Å². The van der Waals surface area contributed by atoms with Crippen molar-refractivity contribution >= 4 is 0 Å². The second-order valence-electron chi connectivity index (χ2n) is 6.87. The van der Waals surface area contributed by atoms with E-state index >= 15 is 0 Å². The highest BCUT2D eigenvalue weighted by Crippen LogP contribution is 2.31. The molecule has 0 aromatic heterocycles. The van der Waals surface area contributed by atoms with Gasteiger partial charge in [0, 0.05) is 31.1 Å². The number of rotatable bonds is 4. The van der Waals surface area contributed by atoms with E-state index in [1.54, 1.807) is 0 Å². The number of hydrogen-bond donors (Lipinski definition) is 1. The van der Waals surface area contributed by atoms with E-state index in [1.165, 1.54) is 36.8 Å². The molecule has 0 aliphatic carbocycles. The van der Waals surface area contributed by atoms with Gasteiger partial charge in [0.25, 0.3) is 0 Å². The number of fused-ring (bicyclic) bond motifs is 3. The average molecular weight is 286 g/mol. The van der Waals surface area contributed by atoms with E-state index < -0.39 is 0 Å². The number of hydrogen-bond acceptors (Lipinski definition) is 3. The summed E-state index contributed by atoms with van der Waals surface area (Å²) in [6, 6.07) is 9.09. The van der Waals surface area contributed by atoms with Crippen molar-refractivity contribution in [3.05, 3.63) is 29.3 Å². The fourth-order valence-corrected chi connectivity index (χ4v) is 4.40. The number of benzene rings is 1. The molecular weight excluding hydrogens is 260 g/mol. The number of nitrogens with one attached hydrogen (secondary N) is 1. The minimum absolute atomic E-state index is 0.762. The highest BCUT2D eigenvalue weighted by molar-refractivity contribution is 5.39. The minimum atomic E-state index is 0.762. The molecule has 2 unspecified atom stereocenters. The molecule has 0 saturated carbocycles. The van der Waals surface area contributed by atoms with Crippen molar-refractivity contribution in [2.75, 3.05) is 13.2 Å². The van der Waals surface area contributed by atoms with Crippen LogP contribution in [0.2, 0.25) is 0 Å². The summed E-state index contributed by atoms with van der Waals surface area (Å²) < 4.78 is 5.62. The minimum Gasteiger partial charge on any atom is -0.493 e. The van der Waals surface area contributed by atoms with E-state index in [1.807, 2.05) is 0 Å². The molecule has 1 N–H and O–H groups in total. The lowest BCUT2D eigenvalue weighted by atomic mass is 9.97. The standard InChI is InChI=1S/C18H26N2O/c1-2-20(17-10-15-4-5-16(11-17)19-15)12-13-3-6-18-14(9-13)7-8-21-18/h3,6,9,15-17,19H,2,4-5,7-8,10-12H2,1H3. The summed E-state index contributed by atoms with van der Waals surface area (Å²) in [5.41, 5.74) is 2.85. The maximum atomic E-state index is 5.62. The van der Waals surface area contributed by atoms with E-state index in [9.17, 15) is 0 Å². The zero-order valence-corrected chi connectivity index (χ0v) is 13.0. The van der Waals surface area contributed by atoms with Gasteiger partial charge in [0.05, 0.1) is 6.61 Å². The van der Waals surface area contributed by atoms with Crippen LogP contribution >= 0.6 is 0 Å². The molecule has 2 bridgehead atoms. The first-order chi connectivity index (χ1) is 10.3. The Bertz CT molecular complexity index is 504. The molecular formula is C18H26N2O. The van der Waals surface area contributed by atoms with E-state index in [0.29, 0.717) is 0 Å². The summed E-state index contributed by atoms with van der Waals surface area (Å²) >= 11 is 0. The molecule has 3 aliphatic heterocycles. The van der Waals surface area contributed by atoms with Crippen molar-refractivity contribution in [2.45, 2.75) is 63.7 Å². The molecule has 0 amide bonds. The molecule has 3 heterocycles. The van der Waals surface area contributed by atoms with Gasteiger partial charge >= 0.3 is 0 Å². The van der Waals surface area contributed by atoms with Gasteiger partial charge in [-0.25, -0.2) is 0 Å². The smallest absolute Gasteiger partial charge is 0.122 e. The molecule has 1 aromatic rings.